The summed E-state index contributed by atoms with van der Waals surface area (Å²) in [6.45, 7) is 2.84. The molecule has 1 aliphatic heterocycles. The maximum atomic E-state index is 12.1. The van der Waals surface area contributed by atoms with Crippen molar-refractivity contribution in [3.05, 3.63) is 59.2 Å². The number of nitrogens with zero attached hydrogens (tertiary/aromatic N) is 1. The number of rotatable bonds is 3. The number of carbonyl (C=O) groups is 1. The van der Waals surface area contributed by atoms with Crippen molar-refractivity contribution in [2.45, 2.75) is 45.1 Å². The number of fused-ring (bicyclic) bond motifs is 1. The number of benzene rings is 2. The van der Waals surface area contributed by atoms with E-state index in [4.69, 9.17) is 12.2 Å². The van der Waals surface area contributed by atoms with Gasteiger partial charge in [-0.15, -0.1) is 0 Å². The van der Waals surface area contributed by atoms with Crippen LogP contribution in [0.25, 0.3) is 0 Å². The van der Waals surface area contributed by atoms with Gasteiger partial charge in [0, 0.05) is 24.3 Å². The zero-order chi connectivity index (χ0) is 18.8. The summed E-state index contributed by atoms with van der Waals surface area (Å²) >= 11 is 5.58. The quantitative estimate of drug-likeness (QED) is 0.772. The fourth-order valence-electron chi connectivity index (χ4n) is 4.11. The van der Waals surface area contributed by atoms with Gasteiger partial charge < -0.3 is 15.5 Å². The number of nitrogens with one attached hydrogen (secondary N) is 2. The normalized spacial score (nSPS) is 18.9. The summed E-state index contributed by atoms with van der Waals surface area (Å²) in [7, 11) is 0. The predicted molar refractivity (Wildman–Crippen MR) is 114 cm³/mol. The molecule has 0 spiro atoms. The van der Waals surface area contributed by atoms with Crippen LogP contribution in [0.3, 0.4) is 0 Å². The van der Waals surface area contributed by atoms with Crippen molar-refractivity contribution in [2.75, 3.05) is 16.8 Å². The van der Waals surface area contributed by atoms with Crippen LogP contribution in [0, 0.1) is 6.92 Å². The molecular formula is C22H25N3OS. The molecule has 2 aromatic rings. The molecule has 2 aliphatic rings. The lowest BCUT2D eigenvalue weighted by Crippen LogP contribution is -2.34. The Morgan fingerprint density at radius 1 is 1.15 bits per heavy atom. The van der Waals surface area contributed by atoms with Gasteiger partial charge in [0.2, 0.25) is 5.91 Å². The number of amides is 1. The highest BCUT2D eigenvalue weighted by Crippen LogP contribution is 2.30. The van der Waals surface area contributed by atoms with Crippen LogP contribution in [0.5, 0.6) is 0 Å². The minimum atomic E-state index is 0.203. The number of thiocarbonyl (C=S) groups is 1. The van der Waals surface area contributed by atoms with Gasteiger partial charge in [0.25, 0.3) is 0 Å². The summed E-state index contributed by atoms with van der Waals surface area (Å²) < 4.78 is 0. The summed E-state index contributed by atoms with van der Waals surface area (Å²) in [4.78, 5) is 14.0. The SMILES string of the molecule is Cc1ccc(NC(=S)NC2CCCc3ccccc32)cc1N1CCCC1=O. The molecule has 2 N–H and O–H groups in total. The predicted octanol–water partition coefficient (Wildman–Crippen LogP) is 4.49. The Morgan fingerprint density at radius 2 is 2.00 bits per heavy atom. The van der Waals surface area contributed by atoms with Gasteiger partial charge in [0.15, 0.2) is 5.11 Å². The van der Waals surface area contributed by atoms with Crippen LogP contribution in [0.4, 0.5) is 11.4 Å². The van der Waals surface area contributed by atoms with Gasteiger partial charge in [-0.2, -0.15) is 0 Å². The Balaban J connectivity index is 1.47. The van der Waals surface area contributed by atoms with Crippen molar-refractivity contribution >= 4 is 34.6 Å². The molecule has 0 bridgehead atoms. The zero-order valence-electron chi connectivity index (χ0n) is 15.6. The Labute approximate surface area is 166 Å². The minimum absolute atomic E-state index is 0.203. The molecule has 0 aromatic heterocycles. The third-order valence-corrected chi connectivity index (χ3v) is 5.73. The number of carbonyl (C=O) groups excluding carboxylic acids is 1. The summed E-state index contributed by atoms with van der Waals surface area (Å²) in [5.74, 6) is 0.203. The van der Waals surface area contributed by atoms with E-state index >= 15 is 0 Å². The van der Waals surface area contributed by atoms with Gasteiger partial charge in [-0.1, -0.05) is 30.3 Å². The summed E-state index contributed by atoms with van der Waals surface area (Å²) in [5, 5.41) is 7.41. The zero-order valence-corrected chi connectivity index (χ0v) is 16.4. The van der Waals surface area contributed by atoms with Gasteiger partial charge in [-0.05, 0) is 73.6 Å². The first-order chi connectivity index (χ1) is 13.1. The Hall–Kier alpha value is -2.40. The van der Waals surface area contributed by atoms with Crippen molar-refractivity contribution < 1.29 is 4.79 Å². The second kappa shape index (κ2) is 7.69. The molecule has 4 nitrogen and oxygen atoms in total. The molecule has 1 aliphatic carbocycles. The molecule has 0 saturated carbocycles. The monoisotopic (exact) mass is 379 g/mol. The second-order valence-corrected chi connectivity index (χ2v) is 7.80. The summed E-state index contributed by atoms with van der Waals surface area (Å²) in [6, 6.07) is 14.9. The van der Waals surface area contributed by atoms with Crippen LogP contribution in [0.15, 0.2) is 42.5 Å². The number of hydrogen-bond donors (Lipinski definition) is 2. The van der Waals surface area contributed by atoms with Crippen LogP contribution in [0.1, 0.15) is 48.4 Å². The van der Waals surface area contributed by atoms with Crippen LogP contribution in [0.2, 0.25) is 0 Å². The van der Waals surface area contributed by atoms with Crippen LogP contribution >= 0.6 is 12.2 Å². The average molecular weight is 380 g/mol. The minimum Gasteiger partial charge on any atom is -0.356 e. The molecule has 140 valence electrons. The summed E-state index contributed by atoms with van der Waals surface area (Å²) in [5.41, 5.74) is 5.76. The molecular weight excluding hydrogens is 354 g/mol. The van der Waals surface area contributed by atoms with Gasteiger partial charge in [-0.25, -0.2) is 0 Å². The molecule has 1 fully saturated rings. The fourth-order valence-corrected chi connectivity index (χ4v) is 4.37. The van der Waals surface area contributed by atoms with E-state index in [9.17, 15) is 4.79 Å². The first-order valence-corrected chi connectivity index (χ1v) is 10.1. The number of anilines is 2. The van der Waals surface area contributed by atoms with E-state index in [0.29, 0.717) is 11.5 Å². The van der Waals surface area contributed by atoms with E-state index in [-0.39, 0.29) is 11.9 Å². The summed E-state index contributed by atoms with van der Waals surface area (Å²) in [6.07, 6.45) is 4.96. The van der Waals surface area contributed by atoms with Crippen molar-refractivity contribution in [3.8, 4) is 0 Å². The van der Waals surface area contributed by atoms with E-state index in [0.717, 1.165) is 42.7 Å². The fraction of sp³-hybridized carbons (Fsp3) is 0.364. The highest BCUT2D eigenvalue weighted by atomic mass is 32.1. The average Bonchev–Trinajstić information content (AvgIpc) is 3.09. The molecule has 0 radical (unpaired) electrons. The Morgan fingerprint density at radius 3 is 2.81 bits per heavy atom. The van der Waals surface area contributed by atoms with E-state index in [1.807, 2.05) is 30.0 Å². The lowest BCUT2D eigenvalue weighted by molar-refractivity contribution is -0.117. The molecule has 1 amide bonds. The Kier molecular flexibility index (Phi) is 5.12. The highest BCUT2D eigenvalue weighted by Gasteiger charge is 2.24. The third kappa shape index (κ3) is 3.83. The van der Waals surface area contributed by atoms with Crippen LogP contribution in [-0.2, 0) is 11.2 Å². The lowest BCUT2D eigenvalue weighted by Gasteiger charge is -2.27. The largest absolute Gasteiger partial charge is 0.356 e. The molecule has 2 aromatic carbocycles. The standard InChI is InChI=1S/C22H25N3OS/c1-15-11-12-17(14-20(15)25-13-5-10-21(25)26)23-22(27)24-19-9-4-7-16-6-2-3-8-18(16)19/h2-3,6,8,11-12,14,19H,4-5,7,9-10,13H2,1H3,(H2,23,24,27). The highest BCUT2D eigenvalue weighted by molar-refractivity contribution is 7.80. The smallest absolute Gasteiger partial charge is 0.227 e. The first kappa shape index (κ1) is 18.0. The van der Waals surface area contributed by atoms with Crippen molar-refractivity contribution in [1.82, 2.24) is 5.32 Å². The molecule has 1 unspecified atom stereocenters. The van der Waals surface area contributed by atoms with Crippen molar-refractivity contribution in [1.29, 1.82) is 0 Å². The number of hydrogen-bond acceptors (Lipinski definition) is 2. The first-order valence-electron chi connectivity index (χ1n) is 9.68. The molecule has 1 atom stereocenters. The molecule has 1 saturated heterocycles. The Bertz CT molecular complexity index is 880. The lowest BCUT2D eigenvalue weighted by atomic mass is 9.88. The number of aryl methyl sites for hydroxylation is 2. The van der Waals surface area contributed by atoms with E-state index in [2.05, 4.69) is 34.9 Å². The van der Waals surface area contributed by atoms with Crippen molar-refractivity contribution in [2.24, 2.45) is 0 Å². The maximum Gasteiger partial charge on any atom is 0.227 e. The van der Waals surface area contributed by atoms with Gasteiger partial charge in [0.1, 0.15) is 0 Å². The van der Waals surface area contributed by atoms with Gasteiger partial charge in [-0.3, -0.25) is 4.79 Å². The molecule has 27 heavy (non-hydrogen) atoms. The van der Waals surface area contributed by atoms with Crippen LogP contribution < -0.4 is 15.5 Å². The maximum absolute atomic E-state index is 12.1. The van der Waals surface area contributed by atoms with E-state index < -0.39 is 0 Å². The molecule has 4 rings (SSSR count). The van der Waals surface area contributed by atoms with Crippen LogP contribution in [-0.4, -0.2) is 17.6 Å². The molecule has 1 heterocycles. The van der Waals surface area contributed by atoms with E-state index in [1.54, 1.807) is 0 Å². The molecule has 5 heteroatoms. The van der Waals surface area contributed by atoms with Gasteiger partial charge >= 0.3 is 0 Å². The van der Waals surface area contributed by atoms with E-state index in [1.165, 1.54) is 17.5 Å². The third-order valence-electron chi connectivity index (χ3n) is 5.51. The van der Waals surface area contributed by atoms with Crippen molar-refractivity contribution in [3.63, 3.8) is 0 Å². The second-order valence-electron chi connectivity index (χ2n) is 7.39. The topological polar surface area (TPSA) is 44.4 Å². The van der Waals surface area contributed by atoms with Gasteiger partial charge in [0.05, 0.1) is 6.04 Å².